The molecule has 1 saturated heterocycles. The van der Waals surface area contributed by atoms with Gasteiger partial charge in [0.05, 0.1) is 25.4 Å². The number of piperazine rings is 1. The van der Waals surface area contributed by atoms with E-state index < -0.39 is 14.8 Å². The Labute approximate surface area is 240 Å². The fourth-order valence-electron chi connectivity index (χ4n) is 5.20. The van der Waals surface area contributed by atoms with Gasteiger partial charge in [-0.25, -0.2) is 17.8 Å². The van der Waals surface area contributed by atoms with Crippen LogP contribution in [0.5, 0.6) is 11.5 Å². The Bertz CT molecular complexity index is 1620. The number of rotatable bonds is 9. The highest BCUT2D eigenvalue weighted by molar-refractivity contribution is 7.91. The zero-order chi connectivity index (χ0) is 29.0. The molecule has 41 heavy (non-hydrogen) atoms. The van der Waals surface area contributed by atoms with Crippen molar-refractivity contribution in [2.75, 3.05) is 39.8 Å². The molecule has 0 saturated carbocycles. The Morgan fingerprint density at radius 2 is 1.88 bits per heavy atom. The molecule has 2 N–H and O–H groups in total. The van der Waals surface area contributed by atoms with E-state index in [1.165, 1.54) is 23.4 Å². The summed E-state index contributed by atoms with van der Waals surface area (Å²) >= 11 is 0. The lowest BCUT2D eigenvalue weighted by Gasteiger charge is -2.34. The minimum Gasteiger partial charge on any atom is -0.504 e. The number of methoxy groups -OCH3 is 1. The van der Waals surface area contributed by atoms with Crippen molar-refractivity contribution in [3.63, 3.8) is 0 Å². The molecule has 1 amide bonds. The molecule has 0 bridgehead atoms. The number of benzene rings is 2. The average molecular weight is 578 g/mol. The van der Waals surface area contributed by atoms with Crippen LogP contribution in [0.4, 0.5) is 0 Å². The third-order valence-electron chi connectivity index (χ3n) is 7.66. The monoisotopic (exact) mass is 577 g/mol. The van der Waals surface area contributed by atoms with Gasteiger partial charge in [-0.1, -0.05) is 42.5 Å². The lowest BCUT2D eigenvalue weighted by molar-refractivity contribution is -0.122. The van der Waals surface area contributed by atoms with E-state index in [-0.39, 0.29) is 18.2 Å². The molecule has 2 heterocycles. The van der Waals surface area contributed by atoms with Crippen LogP contribution in [0.1, 0.15) is 24.5 Å². The molecule has 2 aromatic carbocycles. The van der Waals surface area contributed by atoms with Gasteiger partial charge in [-0.3, -0.25) is 14.6 Å². The van der Waals surface area contributed by atoms with Crippen molar-refractivity contribution in [3.05, 3.63) is 84.1 Å². The number of nitrogens with one attached hydrogen (secondary N) is 1. The van der Waals surface area contributed by atoms with Crippen LogP contribution < -0.4 is 10.2 Å². The van der Waals surface area contributed by atoms with E-state index in [9.17, 15) is 18.3 Å². The van der Waals surface area contributed by atoms with Crippen LogP contribution in [0.2, 0.25) is 0 Å². The van der Waals surface area contributed by atoms with Gasteiger partial charge in [0.2, 0.25) is 10.0 Å². The third kappa shape index (κ3) is 6.07. The molecule has 5 rings (SSSR count). The average Bonchev–Trinajstić information content (AvgIpc) is 3.34. The predicted molar refractivity (Wildman–Crippen MR) is 160 cm³/mol. The Kier molecular flexibility index (Phi) is 8.30. The number of allylic oxidation sites excluding steroid dienone is 3. The number of para-hydroxylation sites is 1. The maximum Gasteiger partial charge on any atom is 0.254 e. The summed E-state index contributed by atoms with van der Waals surface area (Å²) in [5.74, 6) is 0.152. The lowest BCUT2D eigenvalue weighted by Crippen LogP contribution is -2.48. The fraction of sp³-hybridized carbons (Fsp3) is 0.333. The second-order valence-corrected chi connectivity index (χ2v) is 12.8. The Balaban J connectivity index is 1.18. The first-order valence-corrected chi connectivity index (χ1v) is 15.0. The molecule has 10 nitrogen and oxygen atoms in total. The van der Waals surface area contributed by atoms with Gasteiger partial charge in [0.25, 0.3) is 5.91 Å². The van der Waals surface area contributed by atoms with E-state index in [0.717, 1.165) is 24.0 Å². The number of carbonyl (C=O) groups excluding carboxylic acids is 1. The molecule has 0 radical (unpaired) electrons. The van der Waals surface area contributed by atoms with Crippen molar-refractivity contribution in [1.82, 2.24) is 19.2 Å². The van der Waals surface area contributed by atoms with Crippen molar-refractivity contribution >= 4 is 33.0 Å². The Hall–Kier alpha value is -3.93. The smallest absolute Gasteiger partial charge is 0.254 e. The minimum atomic E-state index is -3.68. The van der Waals surface area contributed by atoms with E-state index in [2.05, 4.69) is 20.3 Å². The van der Waals surface area contributed by atoms with Gasteiger partial charge in [-0.2, -0.15) is 5.10 Å². The molecule has 1 aliphatic heterocycles. The van der Waals surface area contributed by atoms with Gasteiger partial charge in [0, 0.05) is 44.3 Å². The van der Waals surface area contributed by atoms with Gasteiger partial charge in [0.15, 0.2) is 11.5 Å². The quantitative estimate of drug-likeness (QED) is 0.297. The number of nitrogens with zero attached hydrogens (tertiary/aromatic N) is 4. The molecular formula is C30H35N5O5S. The van der Waals surface area contributed by atoms with E-state index in [1.807, 2.05) is 36.4 Å². The molecule has 1 unspecified atom stereocenters. The van der Waals surface area contributed by atoms with Crippen molar-refractivity contribution in [2.24, 2.45) is 5.10 Å². The first-order chi connectivity index (χ1) is 19.7. The number of amides is 1. The number of ether oxygens (including phenoxy) is 1. The van der Waals surface area contributed by atoms with Crippen LogP contribution in [0.25, 0.3) is 10.9 Å². The largest absolute Gasteiger partial charge is 0.504 e. The number of hydrazone groups is 1. The van der Waals surface area contributed by atoms with Gasteiger partial charge < -0.3 is 9.84 Å². The summed E-state index contributed by atoms with van der Waals surface area (Å²) in [6.07, 6.45) is 11.0. The van der Waals surface area contributed by atoms with Crippen LogP contribution in [0.3, 0.4) is 0 Å². The molecule has 1 atom stereocenters. The maximum atomic E-state index is 13.8. The SMILES string of the molecule is COc1cc(/C=N\NC(=O)CN2CCN(Cc3cn(S(=O)(=O)C4(C)C=CC=CC4)c4ccccc34)CC2)ccc1O. The van der Waals surface area contributed by atoms with Crippen molar-refractivity contribution in [1.29, 1.82) is 0 Å². The third-order valence-corrected chi connectivity index (χ3v) is 9.96. The molecule has 1 aliphatic carbocycles. The van der Waals surface area contributed by atoms with Gasteiger partial charge in [-0.15, -0.1) is 0 Å². The number of hydrogen-bond donors (Lipinski definition) is 2. The highest BCUT2D eigenvalue weighted by Crippen LogP contribution is 2.33. The van der Waals surface area contributed by atoms with Crippen molar-refractivity contribution in [2.45, 2.75) is 24.6 Å². The lowest BCUT2D eigenvalue weighted by atomic mass is 10.0. The van der Waals surface area contributed by atoms with Crippen LogP contribution in [-0.2, 0) is 21.4 Å². The van der Waals surface area contributed by atoms with Crippen molar-refractivity contribution in [3.8, 4) is 11.5 Å². The van der Waals surface area contributed by atoms with Gasteiger partial charge in [0.1, 0.15) is 4.75 Å². The number of aromatic hydroxyl groups is 1. The number of phenolic OH excluding ortho intramolecular Hbond substituents is 1. The summed E-state index contributed by atoms with van der Waals surface area (Å²) in [5, 5.41) is 14.6. The second-order valence-electron chi connectivity index (χ2n) is 10.6. The fourth-order valence-corrected chi connectivity index (χ4v) is 6.90. The number of fused-ring (bicyclic) bond motifs is 1. The van der Waals surface area contributed by atoms with Crippen LogP contribution in [0.15, 0.2) is 78.1 Å². The van der Waals surface area contributed by atoms with Crippen molar-refractivity contribution < 1.29 is 23.1 Å². The maximum absolute atomic E-state index is 13.8. The molecule has 11 heteroatoms. The Morgan fingerprint density at radius 1 is 1.12 bits per heavy atom. The molecule has 2 aliphatic rings. The van der Waals surface area contributed by atoms with Crippen LogP contribution in [0, 0.1) is 0 Å². The van der Waals surface area contributed by atoms with E-state index in [0.29, 0.717) is 42.9 Å². The first kappa shape index (κ1) is 28.6. The van der Waals surface area contributed by atoms with E-state index >= 15 is 0 Å². The summed E-state index contributed by atoms with van der Waals surface area (Å²) in [5.41, 5.74) is 4.89. The predicted octanol–water partition coefficient (Wildman–Crippen LogP) is 3.08. The number of hydrogen-bond acceptors (Lipinski definition) is 8. The molecule has 0 spiro atoms. The number of phenols is 1. The molecule has 1 aromatic heterocycles. The normalized spacial score (nSPS) is 20.1. The highest BCUT2D eigenvalue weighted by atomic mass is 32.2. The molecular weight excluding hydrogens is 542 g/mol. The van der Waals surface area contributed by atoms with E-state index in [1.54, 1.807) is 37.4 Å². The summed E-state index contributed by atoms with van der Waals surface area (Å²) in [7, 11) is -2.22. The van der Waals surface area contributed by atoms with Crippen LogP contribution in [-0.4, -0.2) is 84.0 Å². The summed E-state index contributed by atoms with van der Waals surface area (Å²) in [6.45, 7) is 5.53. The van der Waals surface area contributed by atoms with E-state index in [4.69, 9.17) is 4.74 Å². The standard InChI is InChI=1S/C30H35N5O5S/c1-30(12-6-3-7-13-30)41(38,39)35-21-24(25-8-4-5-9-26(25)35)20-33-14-16-34(17-15-33)22-29(37)32-31-19-23-10-11-27(36)28(18-23)40-2/h3-12,18-19,21,36H,13-17,20,22H2,1-2H3,(H,32,37)/b31-19-. The number of aromatic nitrogens is 1. The topological polar surface area (TPSA) is 116 Å². The van der Waals surface area contributed by atoms with Crippen LogP contribution >= 0.6 is 0 Å². The highest BCUT2D eigenvalue weighted by Gasteiger charge is 2.39. The zero-order valence-corrected chi connectivity index (χ0v) is 24.0. The number of carbonyl (C=O) groups is 1. The molecule has 216 valence electrons. The molecule has 3 aromatic rings. The zero-order valence-electron chi connectivity index (χ0n) is 23.2. The first-order valence-electron chi connectivity index (χ1n) is 13.5. The minimum absolute atomic E-state index is 0.0347. The summed E-state index contributed by atoms with van der Waals surface area (Å²) in [6, 6.07) is 12.4. The summed E-state index contributed by atoms with van der Waals surface area (Å²) < 4.78 is 33.1. The molecule has 1 fully saturated rings. The van der Waals surface area contributed by atoms with Gasteiger partial charge >= 0.3 is 0 Å². The van der Waals surface area contributed by atoms with Gasteiger partial charge in [-0.05, 0) is 48.7 Å². The summed E-state index contributed by atoms with van der Waals surface area (Å²) in [4.78, 5) is 16.8. The Morgan fingerprint density at radius 3 is 2.61 bits per heavy atom. The second kappa shape index (κ2) is 11.9.